The van der Waals surface area contributed by atoms with Crippen LogP contribution in [0.4, 0.5) is 0 Å². The summed E-state index contributed by atoms with van der Waals surface area (Å²) < 4.78 is 0. The maximum absolute atomic E-state index is 11.9. The highest BCUT2D eigenvalue weighted by molar-refractivity contribution is 6.03. The van der Waals surface area contributed by atoms with Gasteiger partial charge in [-0.1, -0.05) is 6.92 Å². The topological polar surface area (TPSA) is 49.4 Å². The molecule has 0 aromatic carbocycles. The Hall–Kier alpha value is -0.900. The summed E-state index contributed by atoms with van der Waals surface area (Å²) in [6, 6.07) is 0.750. The van der Waals surface area contributed by atoms with Gasteiger partial charge >= 0.3 is 0 Å². The second kappa shape index (κ2) is 4.17. The molecule has 2 aliphatic rings. The van der Waals surface area contributed by atoms with Crippen LogP contribution in [0.25, 0.3) is 0 Å². The lowest BCUT2D eigenvalue weighted by Crippen LogP contribution is -2.56. The van der Waals surface area contributed by atoms with Crippen LogP contribution in [0.5, 0.6) is 0 Å². The number of piperidine rings is 1. The summed E-state index contributed by atoms with van der Waals surface area (Å²) in [5.74, 6) is -0.108. The van der Waals surface area contributed by atoms with Gasteiger partial charge in [-0.3, -0.25) is 14.5 Å². The molecule has 0 aliphatic carbocycles. The van der Waals surface area contributed by atoms with Gasteiger partial charge in [0.05, 0.1) is 6.04 Å². The molecule has 2 rings (SSSR count). The Labute approximate surface area is 96.4 Å². The Bertz CT molecular complexity index is 316. The maximum Gasteiger partial charge on any atom is 0.232 e. The molecule has 2 heterocycles. The molecule has 0 spiro atoms. The van der Waals surface area contributed by atoms with Gasteiger partial charge < -0.3 is 5.32 Å². The lowest BCUT2D eigenvalue weighted by atomic mass is 9.94. The molecule has 0 bridgehead atoms. The third-order valence-electron chi connectivity index (χ3n) is 3.76. The van der Waals surface area contributed by atoms with Crippen molar-refractivity contribution in [3.8, 4) is 0 Å². The van der Waals surface area contributed by atoms with Crippen molar-refractivity contribution < 1.29 is 9.59 Å². The monoisotopic (exact) mass is 224 g/mol. The minimum Gasteiger partial charge on any atom is -0.310 e. The molecule has 2 aliphatic heterocycles. The highest BCUT2D eigenvalue weighted by atomic mass is 16.2. The zero-order chi connectivity index (χ0) is 11.9. The number of carbonyl (C=O) groups excluding carboxylic acids is 2. The third kappa shape index (κ3) is 1.86. The van der Waals surface area contributed by atoms with Crippen LogP contribution in [-0.4, -0.2) is 34.8 Å². The molecule has 0 radical (unpaired) electrons. The standard InChI is InChI=1S/C12H20N2O2/c1-7-6-11(15)14(12(7)16)10-5-4-8(2)13-9(10)3/h7-10,13H,4-6H2,1-3H3. The van der Waals surface area contributed by atoms with E-state index in [1.165, 1.54) is 4.90 Å². The van der Waals surface area contributed by atoms with E-state index in [0.29, 0.717) is 12.5 Å². The minimum absolute atomic E-state index is 0.00528. The van der Waals surface area contributed by atoms with Crippen molar-refractivity contribution in [1.29, 1.82) is 0 Å². The molecule has 4 atom stereocenters. The van der Waals surface area contributed by atoms with E-state index >= 15 is 0 Å². The average Bonchev–Trinajstić information content (AvgIpc) is 2.43. The molecular formula is C12H20N2O2. The van der Waals surface area contributed by atoms with Gasteiger partial charge in [0, 0.05) is 24.4 Å². The van der Waals surface area contributed by atoms with Crippen molar-refractivity contribution in [2.24, 2.45) is 5.92 Å². The van der Waals surface area contributed by atoms with Gasteiger partial charge in [-0.05, 0) is 26.7 Å². The fourth-order valence-corrected chi connectivity index (χ4v) is 2.82. The Kier molecular flexibility index (Phi) is 3.02. The number of nitrogens with zero attached hydrogens (tertiary/aromatic N) is 1. The normalized spacial score (nSPS) is 40.6. The molecular weight excluding hydrogens is 204 g/mol. The zero-order valence-electron chi connectivity index (χ0n) is 10.2. The molecule has 2 fully saturated rings. The molecule has 0 aromatic heterocycles. The number of nitrogens with one attached hydrogen (secondary N) is 1. The zero-order valence-corrected chi connectivity index (χ0v) is 10.2. The fourth-order valence-electron chi connectivity index (χ4n) is 2.82. The van der Waals surface area contributed by atoms with Gasteiger partial charge in [-0.25, -0.2) is 0 Å². The van der Waals surface area contributed by atoms with Gasteiger partial charge in [0.1, 0.15) is 0 Å². The first-order valence-corrected chi connectivity index (χ1v) is 6.12. The van der Waals surface area contributed by atoms with Crippen LogP contribution in [0.15, 0.2) is 0 Å². The fraction of sp³-hybridized carbons (Fsp3) is 0.833. The van der Waals surface area contributed by atoms with E-state index in [9.17, 15) is 9.59 Å². The Balaban J connectivity index is 2.12. The second-order valence-corrected chi connectivity index (χ2v) is 5.21. The quantitative estimate of drug-likeness (QED) is 0.674. The van der Waals surface area contributed by atoms with E-state index in [1.807, 2.05) is 6.92 Å². The number of amides is 2. The van der Waals surface area contributed by atoms with E-state index in [0.717, 1.165) is 12.8 Å². The number of hydrogen-bond donors (Lipinski definition) is 1. The van der Waals surface area contributed by atoms with Gasteiger partial charge in [-0.15, -0.1) is 0 Å². The highest BCUT2D eigenvalue weighted by Crippen LogP contribution is 2.27. The largest absolute Gasteiger partial charge is 0.310 e. The first-order valence-electron chi connectivity index (χ1n) is 6.12. The first kappa shape index (κ1) is 11.6. The Morgan fingerprint density at radius 2 is 1.88 bits per heavy atom. The third-order valence-corrected chi connectivity index (χ3v) is 3.76. The summed E-state index contributed by atoms with van der Waals surface area (Å²) in [6.07, 6.45) is 2.34. The average molecular weight is 224 g/mol. The number of rotatable bonds is 1. The first-order chi connectivity index (χ1) is 7.50. The Morgan fingerprint density at radius 3 is 2.38 bits per heavy atom. The maximum atomic E-state index is 11.9. The van der Waals surface area contributed by atoms with Crippen LogP contribution < -0.4 is 5.32 Å². The predicted molar refractivity (Wildman–Crippen MR) is 60.7 cm³/mol. The summed E-state index contributed by atoms with van der Waals surface area (Å²) in [4.78, 5) is 25.2. The Morgan fingerprint density at radius 1 is 1.19 bits per heavy atom. The van der Waals surface area contributed by atoms with Crippen LogP contribution in [0.2, 0.25) is 0 Å². The molecule has 2 saturated heterocycles. The van der Waals surface area contributed by atoms with Crippen molar-refractivity contribution in [3.63, 3.8) is 0 Å². The van der Waals surface area contributed by atoms with Crippen molar-refractivity contribution in [2.75, 3.05) is 0 Å². The van der Waals surface area contributed by atoms with Gasteiger partial charge in [0.15, 0.2) is 0 Å². The van der Waals surface area contributed by atoms with E-state index < -0.39 is 0 Å². The number of likely N-dealkylation sites (tertiary alicyclic amines) is 1. The minimum atomic E-state index is -0.126. The van der Waals surface area contributed by atoms with Crippen molar-refractivity contribution in [1.82, 2.24) is 10.2 Å². The SMILES string of the molecule is CC1CCC(N2C(=O)CC(C)C2=O)C(C)N1. The van der Waals surface area contributed by atoms with Gasteiger partial charge in [0.2, 0.25) is 11.8 Å². The molecule has 0 aromatic rings. The van der Waals surface area contributed by atoms with Crippen molar-refractivity contribution >= 4 is 11.8 Å². The van der Waals surface area contributed by atoms with Gasteiger partial charge in [0.25, 0.3) is 0 Å². The lowest BCUT2D eigenvalue weighted by molar-refractivity contribution is -0.143. The molecule has 0 saturated carbocycles. The van der Waals surface area contributed by atoms with Crippen molar-refractivity contribution in [2.45, 2.75) is 58.2 Å². The number of carbonyl (C=O) groups is 2. The summed E-state index contributed by atoms with van der Waals surface area (Å²) in [6.45, 7) is 6.04. The summed E-state index contributed by atoms with van der Waals surface area (Å²) in [5.41, 5.74) is 0. The lowest BCUT2D eigenvalue weighted by Gasteiger charge is -2.38. The van der Waals surface area contributed by atoms with E-state index in [1.54, 1.807) is 0 Å². The molecule has 16 heavy (non-hydrogen) atoms. The number of imide groups is 1. The molecule has 4 unspecified atom stereocenters. The molecule has 4 nitrogen and oxygen atoms in total. The van der Waals surface area contributed by atoms with Crippen LogP contribution in [0.3, 0.4) is 0 Å². The van der Waals surface area contributed by atoms with Crippen LogP contribution in [-0.2, 0) is 9.59 Å². The highest BCUT2D eigenvalue weighted by Gasteiger charge is 2.42. The predicted octanol–water partition coefficient (Wildman–Crippen LogP) is 0.910. The second-order valence-electron chi connectivity index (χ2n) is 5.21. The number of hydrogen-bond acceptors (Lipinski definition) is 3. The van der Waals surface area contributed by atoms with Crippen molar-refractivity contribution in [3.05, 3.63) is 0 Å². The van der Waals surface area contributed by atoms with E-state index in [2.05, 4.69) is 19.2 Å². The summed E-state index contributed by atoms with van der Waals surface area (Å²) in [5, 5.41) is 3.42. The van der Waals surface area contributed by atoms with E-state index in [-0.39, 0.29) is 29.8 Å². The summed E-state index contributed by atoms with van der Waals surface area (Å²) in [7, 11) is 0. The van der Waals surface area contributed by atoms with Crippen LogP contribution in [0.1, 0.15) is 40.0 Å². The van der Waals surface area contributed by atoms with E-state index in [4.69, 9.17) is 0 Å². The van der Waals surface area contributed by atoms with Crippen LogP contribution >= 0.6 is 0 Å². The van der Waals surface area contributed by atoms with Crippen LogP contribution in [0, 0.1) is 5.92 Å². The summed E-state index contributed by atoms with van der Waals surface area (Å²) >= 11 is 0. The molecule has 4 heteroatoms. The van der Waals surface area contributed by atoms with Gasteiger partial charge in [-0.2, -0.15) is 0 Å². The molecule has 90 valence electrons. The molecule has 1 N–H and O–H groups in total. The molecule has 2 amide bonds. The smallest absolute Gasteiger partial charge is 0.232 e.